The van der Waals surface area contributed by atoms with E-state index in [1.54, 1.807) is 12.3 Å². The number of hydrogen-bond donors (Lipinski definition) is 3. The molecule has 3 heterocycles. The number of halogens is 3. The molecule has 0 saturated carbocycles. The number of alkyl halides is 3. The Morgan fingerprint density at radius 1 is 1.09 bits per heavy atom. The van der Waals surface area contributed by atoms with Crippen molar-refractivity contribution in [3.8, 4) is 0 Å². The Kier molecular flexibility index (Phi) is 6.87. The van der Waals surface area contributed by atoms with E-state index >= 15 is 0 Å². The van der Waals surface area contributed by atoms with Gasteiger partial charge in [-0.2, -0.15) is 18.3 Å². The first-order valence-corrected chi connectivity index (χ1v) is 11.5. The molecule has 0 aliphatic carbocycles. The Morgan fingerprint density at radius 3 is 2.37 bits per heavy atom. The maximum atomic E-state index is 13.3. The molecule has 3 N–H and O–H groups in total. The number of nitrogens with zero attached hydrogens (tertiary/aromatic N) is 3. The number of nitrogens with one attached hydrogen (secondary N) is 3. The van der Waals surface area contributed by atoms with Crippen molar-refractivity contribution in [2.75, 3.05) is 13.1 Å². The van der Waals surface area contributed by atoms with Crippen molar-refractivity contribution in [1.82, 2.24) is 30.9 Å². The lowest BCUT2D eigenvalue weighted by molar-refractivity contribution is -0.138. The molecule has 2 aromatic heterocycles. The summed E-state index contributed by atoms with van der Waals surface area (Å²) < 4.78 is 39.8. The van der Waals surface area contributed by atoms with Crippen molar-refractivity contribution in [3.05, 3.63) is 68.9 Å². The second kappa shape index (κ2) is 9.86. The third-order valence-electron chi connectivity index (χ3n) is 5.58. The number of piperidine rings is 1. The summed E-state index contributed by atoms with van der Waals surface area (Å²) in [4.78, 5) is 42.8. The van der Waals surface area contributed by atoms with Crippen LogP contribution in [0.4, 0.5) is 13.2 Å². The molecular formula is C22H21F3N6O3S. The van der Waals surface area contributed by atoms with Gasteiger partial charge in [0.15, 0.2) is 5.69 Å². The third-order valence-corrected chi connectivity index (χ3v) is 6.58. The summed E-state index contributed by atoms with van der Waals surface area (Å²) in [7, 11) is 0. The number of carbonyl (C=O) groups is 3. The molecule has 13 heteroatoms. The molecule has 0 radical (unpaired) electrons. The number of amides is 3. The molecule has 4 rings (SSSR count). The third kappa shape index (κ3) is 5.50. The highest BCUT2D eigenvalue weighted by atomic mass is 32.1. The number of aryl methyl sites for hydroxylation is 1. The van der Waals surface area contributed by atoms with Gasteiger partial charge in [0.05, 0.1) is 16.1 Å². The zero-order valence-electron chi connectivity index (χ0n) is 18.5. The van der Waals surface area contributed by atoms with Crippen LogP contribution in [0.5, 0.6) is 0 Å². The van der Waals surface area contributed by atoms with Crippen LogP contribution < -0.4 is 10.9 Å². The minimum absolute atomic E-state index is 0.0370. The van der Waals surface area contributed by atoms with Crippen LogP contribution in [-0.4, -0.2) is 50.9 Å². The summed E-state index contributed by atoms with van der Waals surface area (Å²) in [6, 6.07) is 6.29. The summed E-state index contributed by atoms with van der Waals surface area (Å²) in [5.74, 6) is -1.87. The fourth-order valence-corrected chi connectivity index (χ4v) is 4.74. The zero-order chi connectivity index (χ0) is 25.2. The second-order valence-corrected chi connectivity index (χ2v) is 8.91. The molecule has 0 unspecified atom stereocenters. The molecule has 0 atom stereocenters. The highest BCUT2D eigenvalue weighted by Gasteiger charge is 2.36. The average Bonchev–Trinajstić information content (AvgIpc) is 3.51. The molecule has 1 fully saturated rings. The van der Waals surface area contributed by atoms with Crippen LogP contribution in [0.2, 0.25) is 0 Å². The molecule has 1 aliphatic heterocycles. The highest BCUT2D eigenvalue weighted by molar-refractivity contribution is 7.09. The van der Waals surface area contributed by atoms with Gasteiger partial charge in [-0.05, 0) is 38.0 Å². The van der Waals surface area contributed by atoms with Gasteiger partial charge in [0.1, 0.15) is 5.69 Å². The lowest BCUT2D eigenvalue weighted by Gasteiger charge is -2.31. The summed E-state index contributed by atoms with van der Waals surface area (Å²) in [5, 5.41) is 8.68. The number of aromatic nitrogens is 3. The van der Waals surface area contributed by atoms with Gasteiger partial charge in [-0.15, -0.1) is 11.3 Å². The van der Waals surface area contributed by atoms with Crippen LogP contribution >= 0.6 is 11.3 Å². The largest absolute Gasteiger partial charge is 0.417 e. The molecule has 0 bridgehead atoms. The van der Waals surface area contributed by atoms with E-state index < -0.39 is 29.5 Å². The molecule has 3 aromatic rings. The predicted molar refractivity (Wildman–Crippen MR) is 120 cm³/mol. The maximum absolute atomic E-state index is 13.3. The van der Waals surface area contributed by atoms with Gasteiger partial charge in [-0.1, -0.05) is 12.1 Å². The number of aromatic amines is 1. The van der Waals surface area contributed by atoms with Crippen molar-refractivity contribution >= 4 is 29.1 Å². The van der Waals surface area contributed by atoms with Crippen molar-refractivity contribution < 1.29 is 27.6 Å². The Labute approximate surface area is 201 Å². The van der Waals surface area contributed by atoms with Gasteiger partial charge in [-0.25, -0.2) is 4.98 Å². The summed E-state index contributed by atoms with van der Waals surface area (Å²) in [6.07, 6.45) is -3.60. The van der Waals surface area contributed by atoms with Gasteiger partial charge in [-0.3, -0.25) is 30.3 Å². The first-order valence-electron chi connectivity index (χ1n) is 10.7. The summed E-state index contributed by atoms with van der Waals surface area (Å²) in [6.45, 7) is 2.28. The fraction of sp³-hybridized carbons (Fsp3) is 0.318. The van der Waals surface area contributed by atoms with Crippen molar-refractivity contribution in [2.45, 2.75) is 31.9 Å². The number of likely N-dealkylation sites (tertiary alicyclic amines) is 1. The van der Waals surface area contributed by atoms with E-state index in [1.807, 2.05) is 0 Å². The molecule has 3 amide bonds. The fourth-order valence-electron chi connectivity index (χ4n) is 3.77. The van der Waals surface area contributed by atoms with E-state index in [0.717, 1.165) is 6.07 Å². The van der Waals surface area contributed by atoms with Crippen LogP contribution in [0.3, 0.4) is 0 Å². The lowest BCUT2D eigenvalue weighted by Crippen LogP contribution is -2.42. The Balaban J connectivity index is 1.33. The topological polar surface area (TPSA) is 120 Å². The lowest BCUT2D eigenvalue weighted by atomic mass is 9.96. The van der Waals surface area contributed by atoms with E-state index in [1.165, 1.54) is 40.5 Å². The number of H-pyrrole nitrogens is 1. The van der Waals surface area contributed by atoms with Gasteiger partial charge < -0.3 is 4.90 Å². The Hall–Kier alpha value is -3.74. The summed E-state index contributed by atoms with van der Waals surface area (Å²) >= 11 is 1.28. The van der Waals surface area contributed by atoms with Gasteiger partial charge in [0, 0.05) is 30.1 Å². The molecule has 35 heavy (non-hydrogen) atoms. The van der Waals surface area contributed by atoms with Crippen LogP contribution in [-0.2, 0) is 6.18 Å². The highest BCUT2D eigenvalue weighted by Crippen LogP contribution is 2.34. The van der Waals surface area contributed by atoms with Crippen molar-refractivity contribution in [3.63, 3.8) is 0 Å². The van der Waals surface area contributed by atoms with Crippen molar-refractivity contribution in [1.29, 1.82) is 0 Å². The number of carbonyl (C=O) groups excluding carboxylic acids is 3. The Morgan fingerprint density at radius 2 is 1.74 bits per heavy atom. The minimum atomic E-state index is -4.61. The zero-order valence-corrected chi connectivity index (χ0v) is 19.3. The number of benzene rings is 1. The normalized spacial score (nSPS) is 14.6. The first-order chi connectivity index (χ1) is 16.6. The van der Waals surface area contributed by atoms with Crippen LogP contribution in [0, 0.1) is 6.92 Å². The second-order valence-electron chi connectivity index (χ2n) is 8.03. The number of thiazole rings is 1. The van der Waals surface area contributed by atoms with Crippen molar-refractivity contribution in [2.24, 2.45) is 0 Å². The standard InChI is InChI=1S/C22H21F3N6O3S/c1-12-10-16(28-27-12)18(32)29-30-19(33)17-11-35-20(26-17)13-6-8-31(9-7-13)21(34)14-4-2-3-5-15(14)22(23,24)25/h2-5,10-11,13H,6-9H2,1H3,(H,27,28)(H,29,32)(H,30,33). The van der Waals surface area contributed by atoms with Crippen LogP contribution in [0.1, 0.15) is 66.4 Å². The minimum Gasteiger partial charge on any atom is -0.339 e. The van der Waals surface area contributed by atoms with E-state index in [2.05, 4.69) is 26.0 Å². The molecule has 184 valence electrons. The molecule has 0 spiro atoms. The maximum Gasteiger partial charge on any atom is 0.417 e. The smallest absolute Gasteiger partial charge is 0.339 e. The number of hydrazine groups is 1. The quantitative estimate of drug-likeness (QED) is 0.469. The SMILES string of the molecule is Cc1cc(C(=O)NNC(=O)c2csc(C3CCN(C(=O)c4ccccc4C(F)(F)F)CC3)n2)n[nH]1. The molecule has 1 saturated heterocycles. The Bertz CT molecular complexity index is 1250. The molecule has 1 aliphatic rings. The van der Waals surface area contributed by atoms with Gasteiger partial charge in [0.2, 0.25) is 0 Å². The van der Waals surface area contributed by atoms with Crippen LogP contribution in [0.25, 0.3) is 0 Å². The average molecular weight is 507 g/mol. The molecule has 1 aromatic carbocycles. The molecule has 9 nitrogen and oxygen atoms in total. The number of rotatable bonds is 4. The van der Waals surface area contributed by atoms with E-state index in [-0.39, 0.29) is 36.0 Å². The summed E-state index contributed by atoms with van der Waals surface area (Å²) in [5.41, 5.74) is 4.19. The molecular weight excluding hydrogens is 485 g/mol. The van der Waals surface area contributed by atoms with E-state index in [4.69, 9.17) is 0 Å². The predicted octanol–water partition coefficient (Wildman–Crippen LogP) is 3.29. The van der Waals surface area contributed by atoms with Crippen LogP contribution in [0.15, 0.2) is 35.7 Å². The van der Waals surface area contributed by atoms with E-state index in [9.17, 15) is 27.6 Å². The monoisotopic (exact) mass is 506 g/mol. The van der Waals surface area contributed by atoms with Gasteiger partial charge >= 0.3 is 6.18 Å². The number of hydrogen-bond acceptors (Lipinski definition) is 6. The van der Waals surface area contributed by atoms with E-state index in [0.29, 0.717) is 23.5 Å². The van der Waals surface area contributed by atoms with Gasteiger partial charge in [0.25, 0.3) is 17.7 Å². The first kappa shape index (κ1) is 24.4.